The lowest BCUT2D eigenvalue weighted by molar-refractivity contribution is -0.118. The van der Waals surface area contributed by atoms with Crippen molar-refractivity contribution in [2.24, 2.45) is 0 Å². The second-order valence-corrected chi connectivity index (χ2v) is 3.57. The topological polar surface area (TPSA) is 20.3 Å². The molecule has 2 nitrogen and oxygen atoms in total. The molecule has 1 rings (SSSR count). The van der Waals surface area contributed by atoms with Crippen LogP contribution in [0.3, 0.4) is 0 Å². The van der Waals surface area contributed by atoms with Gasteiger partial charge >= 0.3 is 6.18 Å². The first-order valence-corrected chi connectivity index (χ1v) is 4.96. The van der Waals surface area contributed by atoms with Crippen molar-refractivity contribution in [3.8, 4) is 0 Å². The smallest absolute Gasteiger partial charge is 0.345 e. The predicted octanol–water partition coefficient (Wildman–Crippen LogP) is 2.51. The van der Waals surface area contributed by atoms with Gasteiger partial charge in [0.05, 0.1) is 0 Å². The maximum atomic E-state index is 12.5. The summed E-state index contributed by atoms with van der Waals surface area (Å²) < 4.78 is 37.6. The largest absolute Gasteiger partial charge is 0.412 e. The molecule has 0 radical (unpaired) electrons. The van der Waals surface area contributed by atoms with E-state index in [1.165, 1.54) is 11.8 Å². The Bertz CT molecular complexity index is 260. The Morgan fingerprint density at radius 3 is 2.27 bits per heavy atom. The molecule has 1 heterocycles. The number of likely N-dealkylation sites (tertiary alicyclic amines) is 1. The number of alkyl halides is 3. The van der Waals surface area contributed by atoms with Gasteiger partial charge in [0.2, 0.25) is 6.41 Å². The average molecular weight is 221 g/mol. The van der Waals surface area contributed by atoms with Gasteiger partial charge in [-0.1, -0.05) is 12.5 Å². The highest BCUT2D eigenvalue weighted by molar-refractivity contribution is 5.47. The maximum Gasteiger partial charge on any atom is 0.412 e. The van der Waals surface area contributed by atoms with E-state index in [0.717, 1.165) is 0 Å². The summed E-state index contributed by atoms with van der Waals surface area (Å²) in [6, 6.07) is 0. The van der Waals surface area contributed by atoms with Crippen LogP contribution in [0.1, 0.15) is 26.2 Å². The van der Waals surface area contributed by atoms with E-state index in [1.807, 2.05) is 0 Å². The van der Waals surface area contributed by atoms with E-state index in [0.29, 0.717) is 37.9 Å². The monoisotopic (exact) mass is 221 g/mol. The molecule has 1 amide bonds. The standard InChI is InChI=1S/C10H14F3NO/c1-2-9(10(11,12)13)8-3-5-14(7-15)6-4-8/h7H,2-6H2,1H3. The molecule has 1 aliphatic rings. The number of piperidine rings is 1. The molecular weight excluding hydrogens is 207 g/mol. The van der Waals surface area contributed by atoms with Crippen LogP contribution >= 0.6 is 0 Å². The van der Waals surface area contributed by atoms with Crippen LogP contribution in [-0.4, -0.2) is 30.6 Å². The fourth-order valence-electron chi connectivity index (χ4n) is 1.85. The van der Waals surface area contributed by atoms with E-state index < -0.39 is 11.7 Å². The van der Waals surface area contributed by atoms with Gasteiger partial charge in [-0.3, -0.25) is 4.79 Å². The van der Waals surface area contributed by atoms with Crippen LogP contribution < -0.4 is 0 Å². The zero-order valence-corrected chi connectivity index (χ0v) is 8.60. The van der Waals surface area contributed by atoms with Gasteiger partial charge in [0.1, 0.15) is 0 Å². The summed E-state index contributed by atoms with van der Waals surface area (Å²) in [5.74, 6) is 0. The van der Waals surface area contributed by atoms with Crippen LogP contribution in [0.25, 0.3) is 0 Å². The molecule has 0 spiro atoms. The molecule has 0 aromatic carbocycles. The zero-order valence-electron chi connectivity index (χ0n) is 8.60. The number of allylic oxidation sites excluding steroid dienone is 1. The van der Waals surface area contributed by atoms with Crippen LogP contribution in [0.2, 0.25) is 0 Å². The Morgan fingerprint density at radius 2 is 1.93 bits per heavy atom. The van der Waals surface area contributed by atoms with Gasteiger partial charge < -0.3 is 4.90 Å². The molecule has 1 fully saturated rings. The SMILES string of the molecule is CCC(=C1CCN(C=O)CC1)C(F)(F)F. The van der Waals surface area contributed by atoms with Crippen LogP contribution in [0, 0.1) is 0 Å². The van der Waals surface area contributed by atoms with Crippen LogP contribution in [-0.2, 0) is 4.79 Å². The van der Waals surface area contributed by atoms with E-state index in [1.54, 1.807) is 0 Å². The summed E-state index contributed by atoms with van der Waals surface area (Å²) in [6.07, 6.45) is -2.81. The lowest BCUT2D eigenvalue weighted by Gasteiger charge is -2.27. The number of rotatable bonds is 2. The molecule has 0 atom stereocenters. The van der Waals surface area contributed by atoms with Crippen LogP contribution in [0.15, 0.2) is 11.1 Å². The minimum Gasteiger partial charge on any atom is -0.345 e. The summed E-state index contributed by atoms with van der Waals surface area (Å²) in [5, 5.41) is 0. The van der Waals surface area contributed by atoms with Gasteiger partial charge in [-0.25, -0.2) is 0 Å². The van der Waals surface area contributed by atoms with E-state index in [2.05, 4.69) is 0 Å². The van der Waals surface area contributed by atoms with Crippen molar-refractivity contribution in [2.45, 2.75) is 32.4 Å². The minimum absolute atomic E-state index is 0.0138. The molecule has 15 heavy (non-hydrogen) atoms. The number of hydrogen-bond donors (Lipinski definition) is 0. The van der Waals surface area contributed by atoms with Gasteiger partial charge in [-0.15, -0.1) is 0 Å². The first-order chi connectivity index (χ1) is 6.99. The highest BCUT2D eigenvalue weighted by atomic mass is 19.4. The van der Waals surface area contributed by atoms with Crippen LogP contribution in [0.5, 0.6) is 0 Å². The Kier molecular flexibility index (Phi) is 3.77. The third-order valence-corrected chi connectivity index (χ3v) is 2.67. The fourth-order valence-corrected chi connectivity index (χ4v) is 1.85. The molecule has 1 aliphatic heterocycles. The number of nitrogens with zero attached hydrogens (tertiary/aromatic N) is 1. The Hall–Kier alpha value is -1.00. The quantitative estimate of drug-likeness (QED) is 0.518. The van der Waals surface area contributed by atoms with E-state index in [4.69, 9.17) is 0 Å². The lowest BCUT2D eigenvalue weighted by Crippen LogP contribution is -2.30. The third-order valence-electron chi connectivity index (χ3n) is 2.67. The van der Waals surface area contributed by atoms with Gasteiger partial charge in [0.15, 0.2) is 0 Å². The molecule has 0 aromatic rings. The number of carbonyl (C=O) groups is 1. The van der Waals surface area contributed by atoms with Gasteiger partial charge in [0.25, 0.3) is 0 Å². The average Bonchev–Trinajstić information content (AvgIpc) is 2.18. The Morgan fingerprint density at radius 1 is 1.40 bits per heavy atom. The van der Waals surface area contributed by atoms with Crippen molar-refractivity contribution in [1.29, 1.82) is 0 Å². The predicted molar refractivity (Wildman–Crippen MR) is 50.2 cm³/mol. The molecular formula is C10H14F3NO. The van der Waals surface area contributed by atoms with E-state index in [9.17, 15) is 18.0 Å². The zero-order chi connectivity index (χ0) is 11.5. The Labute approximate surface area is 86.7 Å². The molecule has 0 aromatic heterocycles. The highest BCUT2D eigenvalue weighted by Crippen LogP contribution is 2.34. The van der Waals surface area contributed by atoms with Crippen LogP contribution in [0.4, 0.5) is 13.2 Å². The van der Waals surface area contributed by atoms with Crippen molar-refractivity contribution < 1.29 is 18.0 Å². The molecule has 0 N–H and O–H groups in total. The number of halogens is 3. The van der Waals surface area contributed by atoms with Gasteiger partial charge in [-0.2, -0.15) is 13.2 Å². The molecule has 5 heteroatoms. The summed E-state index contributed by atoms with van der Waals surface area (Å²) in [6.45, 7) is 2.32. The molecule has 0 bridgehead atoms. The fraction of sp³-hybridized carbons (Fsp3) is 0.700. The first-order valence-electron chi connectivity index (χ1n) is 4.96. The molecule has 0 aliphatic carbocycles. The first kappa shape index (κ1) is 12.1. The summed E-state index contributed by atoms with van der Waals surface area (Å²) >= 11 is 0. The normalized spacial score (nSPS) is 17.9. The summed E-state index contributed by atoms with van der Waals surface area (Å²) in [5.41, 5.74) is 0.0520. The lowest BCUT2D eigenvalue weighted by atomic mass is 9.96. The van der Waals surface area contributed by atoms with Crippen molar-refractivity contribution in [3.63, 3.8) is 0 Å². The van der Waals surface area contributed by atoms with E-state index in [-0.39, 0.29) is 6.42 Å². The summed E-state index contributed by atoms with van der Waals surface area (Å²) in [4.78, 5) is 11.9. The Balaban J connectivity index is 2.78. The van der Waals surface area contributed by atoms with Crippen molar-refractivity contribution in [2.75, 3.05) is 13.1 Å². The second kappa shape index (κ2) is 4.68. The second-order valence-electron chi connectivity index (χ2n) is 3.57. The highest BCUT2D eigenvalue weighted by Gasteiger charge is 2.35. The van der Waals surface area contributed by atoms with Gasteiger partial charge in [-0.05, 0) is 19.3 Å². The summed E-state index contributed by atoms with van der Waals surface area (Å²) in [7, 11) is 0. The van der Waals surface area contributed by atoms with Crippen molar-refractivity contribution >= 4 is 6.41 Å². The number of hydrogen-bond acceptors (Lipinski definition) is 1. The molecule has 1 saturated heterocycles. The van der Waals surface area contributed by atoms with Gasteiger partial charge in [0, 0.05) is 18.7 Å². The van der Waals surface area contributed by atoms with E-state index >= 15 is 0 Å². The van der Waals surface area contributed by atoms with Crippen molar-refractivity contribution in [3.05, 3.63) is 11.1 Å². The van der Waals surface area contributed by atoms with Crippen molar-refractivity contribution in [1.82, 2.24) is 4.90 Å². The maximum absolute atomic E-state index is 12.5. The number of carbonyl (C=O) groups excluding carboxylic acids is 1. The minimum atomic E-state index is -4.21. The molecule has 0 unspecified atom stereocenters. The molecule has 0 saturated carbocycles. The number of amides is 1. The third kappa shape index (κ3) is 2.97. The molecule has 86 valence electrons.